The van der Waals surface area contributed by atoms with E-state index >= 15 is 0 Å². The first-order chi connectivity index (χ1) is 4.72. The third kappa shape index (κ3) is 2.20. The van der Waals surface area contributed by atoms with Crippen molar-refractivity contribution >= 4 is 5.84 Å². The molecular weight excluding hydrogens is 167 g/mol. The number of nitrogens with one attached hydrogen (secondary N) is 1. The number of hydrogen-bond donors (Lipinski definition) is 2. The second-order valence-electron chi connectivity index (χ2n) is 1.89. The average molecular weight is 175 g/mol. The molecule has 0 aromatic heterocycles. The summed E-state index contributed by atoms with van der Waals surface area (Å²) in [4.78, 5) is 0. The lowest BCUT2D eigenvalue weighted by Gasteiger charge is -1.96. The van der Waals surface area contributed by atoms with E-state index in [1.807, 2.05) is 0 Å². The molecule has 60 valence electrons. The fourth-order valence-electron chi connectivity index (χ4n) is 0.680. The van der Waals surface area contributed by atoms with Crippen molar-refractivity contribution in [2.45, 2.75) is 0 Å². The van der Waals surface area contributed by atoms with E-state index in [0.29, 0.717) is 0 Å². The summed E-state index contributed by atoms with van der Waals surface area (Å²) >= 11 is 0. The minimum atomic E-state index is -0.449. The lowest BCUT2D eigenvalue weighted by atomic mass is 10.2. The normalized spacial score (nSPS) is 8.45. The van der Waals surface area contributed by atoms with Crippen molar-refractivity contribution in [2.24, 2.45) is 5.73 Å². The van der Waals surface area contributed by atoms with Gasteiger partial charge in [0.2, 0.25) is 0 Å². The maximum absolute atomic E-state index is 12.6. The zero-order valence-corrected chi connectivity index (χ0v) is 6.40. The molecule has 0 unspecified atom stereocenters. The van der Waals surface area contributed by atoms with Crippen LogP contribution in [0.25, 0.3) is 0 Å². The van der Waals surface area contributed by atoms with Crippen LogP contribution in [-0.2, 0) is 0 Å². The Morgan fingerprint density at radius 2 is 2.00 bits per heavy atom. The molecule has 3 N–H and O–H groups in total. The van der Waals surface area contributed by atoms with E-state index < -0.39 is 5.82 Å². The van der Waals surface area contributed by atoms with Crippen molar-refractivity contribution < 1.29 is 18.2 Å². The Hall–Kier alpha value is -1.09. The highest BCUT2D eigenvalue weighted by molar-refractivity contribution is 5.95. The summed E-state index contributed by atoms with van der Waals surface area (Å²) in [5.41, 5.74) is 5.21. The Bertz CT molecular complexity index is 267. The molecule has 1 aromatic rings. The molecule has 1 rings (SSSR count). The SMILES string of the molecule is N=C(N)c1ccccc1F.[Cl-].[H+]. The monoisotopic (exact) mass is 174 g/mol. The molecule has 0 saturated heterocycles. The van der Waals surface area contributed by atoms with Gasteiger partial charge < -0.3 is 18.1 Å². The molecular formula is C7H8ClFN2. The van der Waals surface area contributed by atoms with Gasteiger partial charge in [-0.15, -0.1) is 0 Å². The van der Waals surface area contributed by atoms with Gasteiger partial charge in [-0.25, -0.2) is 4.39 Å². The van der Waals surface area contributed by atoms with Crippen LogP contribution in [0.3, 0.4) is 0 Å². The van der Waals surface area contributed by atoms with Crippen LogP contribution in [0.1, 0.15) is 6.99 Å². The lowest BCUT2D eigenvalue weighted by molar-refractivity contribution is -0.00000304. The molecule has 2 nitrogen and oxygen atoms in total. The number of nitrogen functional groups attached to an aromatic ring is 1. The van der Waals surface area contributed by atoms with Crippen LogP contribution in [0.5, 0.6) is 0 Å². The number of hydrogen-bond acceptors (Lipinski definition) is 1. The van der Waals surface area contributed by atoms with E-state index in [1.165, 1.54) is 12.1 Å². The van der Waals surface area contributed by atoms with Gasteiger partial charge in [0, 0.05) is 0 Å². The van der Waals surface area contributed by atoms with Crippen molar-refractivity contribution in [1.29, 1.82) is 5.41 Å². The molecule has 0 aliphatic heterocycles. The molecule has 4 heteroatoms. The number of amidine groups is 1. The fraction of sp³-hybridized carbons (Fsp3) is 0. The predicted octanol–water partition coefficient (Wildman–Crippen LogP) is -1.77. The van der Waals surface area contributed by atoms with E-state index in [0.717, 1.165) is 0 Å². The minimum Gasteiger partial charge on any atom is -1.00 e. The van der Waals surface area contributed by atoms with Crippen LogP contribution >= 0.6 is 0 Å². The Morgan fingerprint density at radius 1 is 1.45 bits per heavy atom. The van der Waals surface area contributed by atoms with E-state index in [2.05, 4.69) is 0 Å². The number of rotatable bonds is 1. The van der Waals surface area contributed by atoms with Gasteiger partial charge in [-0.05, 0) is 12.1 Å². The third-order valence-electron chi connectivity index (χ3n) is 1.16. The zero-order chi connectivity index (χ0) is 7.56. The van der Waals surface area contributed by atoms with Crippen LogP contribution in [-0.4, -0.2) is 5.84 Å². The van der Waals surface area contributed by atoms with Gasteiger partial charge in [-0.3, -0.25) is 5.41 Å². The van der Waals surface area contributed by atoms with Crippen LogP contribution in [0.15, 0.2) is 24.3 Å². The molecule has 0 aliphatic rings. The first kappa shape index (κ1) is 9.91. The van der Waals surface area contributed by atoms with Gasteiger partial charge in [0.15, 0.2) is 0 Å². The third-order valence-corrected chi connectivity index (χ3v) is 1.16. The molecule has 0 aliphatic carbocycles. The predicted molar refractivity (Wildman–Crippen MR) is 38.5 cm³/mol. The second-order valence-corrected chi connectivity index (χ2v) is 1.89. The lowest BCUT2D eigenvalue weighted by Crippen LogP contribution is -3.00. The Morgan fingerprint density at radius 3 is 2.36 bits per heavy atom. The highest BCUT2D eigenvalue weighted by Crippen LogP contribution is 2.03. The van der Waals surface area contributed by atoms with Crippen molar-refractivity contribution in [2.75, 3.05) is 0 Å². The number of halogens is 2. The van der Waals surface area contributed by atoms with Crippen molar-refractivity contribution in [3.63, 3.8) is 0 Å². The fourth-order valence-corrected chi connectivity index (χ4v) is 0.680. The molecule has 1 aromatic carbocycles. The van der Waals surface area contributed by atoms with Gasteiger partial charge in [0.25, 0.3) is 0 Å². The van der Waals surface area contributed by atoms with E-state index in [9.17, 15) is 4.39 Å². The Balaban J connectivity index is 0. The summed E-state index contributed by atoms with van der Waals surface area (Å²) in [6.07, 6.45) is 0. The van der Waals surface area contributed by atoms with Crippen LogP contribution < -0.4 is 18.1 Å². The van der Waals surface area contributed by atoms with Crippen LogP contribution in [0.4, 0.5) is 4.39 Å². The molecule has 0 spiro atoms. The van der Waals surface area contributed by atoms with Gasteiger partial charge in [-0.1, -0.05) is 12.1 Å². The van der Waals surface area contributed by atoms with Crippen molar-refractivity contribution in [1.82, 2.24) is 0 Å². The highest BCUT2D eigenvalue weighted by Gasteiger charge is 2.00. The zero-order valence-electron chi connectivity index (χ0n) is 6.64. The standard InChI is InChI=1S/C7H7FN2.ClH/c8-6-4-2-1-3-5(6)7(9)10;/h1-4H,(H3,9,10);1H. The first-order valence-corrected chi connectivity index (χ1v) is 2.81. The summed E-state index contributed by atoms with van der Waals surface area (Å²) in [6.45, 7) is 0. The molecule has 0 atom stereocenters. The highest BCUT2D eigenvalue weighted by atomic mass is 35.5. The Kier molecular flexibility index (Phi) is 3.54. The van der Waals surface area contributed by atoms with Gasteiger partial charge in [0.1, 0.15) is 11.7 Å². The summed E-state index contributed by atoms with van der Waals surface area (Å²) in [5.74, 6) is -0.687. The molecule has 0 heterocycles. The Labute approximate surface area is 71.6 Å². The summed E-state index contributed by atoms with van der Waals surface area (Å²) in [7, 11) is 0. The van der Waals surface area contributed by atoms with E-state index in [4.69, 9.17) is 11.1 Å². The van der Waals surface area contributed by atoms with Crippen molar-refractivity contribution in [3.05, 3.63) is 35.6 Å². The number of benzene rings is 1. The minimum absolute atomic E-state index is 0. The number of nitrogens with two attached hydrogens (primary N) is 1. The smallest absolute Gasteiger partial charge is 1.00 e. The van der Waals surface area contributed by atoms with Crippen LogP contribution in [0.2, 0.25) is 0 Å². The molecule has 0 fully saturated rings. The van der Waals surface area contributed by atoms with Gasteiger partial charge in [0.05, 0.1) is 5.56 Å². The molecule has 0 saturated carbocycles. The van der Waals surface area contributed by atoms with Crippen LogP contribution in [0, 0.1) is 11.2 Å². The summed E-state index contributed by atoms with van der Waals surface area (Å²) < 4.78 is 12.6. The quantitative estimate of drug-likeness (QED) is 0.384. The summed E-state index contributed by atoms with van der Waals surface area (Å²) in [6, 6.07) is 5.94. The van der Waals surface area contributed by atoms with Crippen molar-refractivity contribution in [3.8, 4) is 0 Å². The molecule has 0 bridgehead atoms. The maximum Gasteiger partial charge on any atom is 1.00 e. The second kappa shape index (κ2) is 3.93. The average Bonchev–Trinajstić information content (AvgIpc) is 1.88. The van der Waals surface area contributed by atoms with E-state index in [-0.39, 0.29) is 25.2 Å². The molecule has 11 heavy (non-hydrogen) atoms. The van der Waals surface area contributed by atoms with E-state index in [1.54, 1.807) is 12.1 Å². The largest absolute Gasteiger partial charge is 1.00 e. The molecule has 0 radical (unpaired) electrons. The maximum atomic E-state index is 12.6. The summed E-state index contributed by atoms with van der Waals surface area (Å²) in [5, 5.41) is 6.91. The topological polar surface area (TPSA) is 49.9 Å². The molecule has 0 amide bonds. The van der Waals surface area contributed by atoms with Gasteiger partial charge in [-0.2, -0.15) is 0 Å². The van der Waals surface area contributed by atoms with Gasteiger partial charge >= 0.3 is 1.43 Å². The first-order valence-electron chi connectivity index (χ1n) is 2.81.